The fourth-order valence-corrected chi connectivity index (χ4v) is 4.15. The van der Waals surface area contributed by atoms with Gasteiger partial charge >= 0.3 is 5.97 Å². The van der Waals surface area contributed by atoms with E-state index in [2.05, 4.69) is 0 Å². The minimum atomic E-state index is -1.16. The number of halogens is 2. The molecule has 0 spiro atoms. The van der Waals surface area contributed by atoms with Gasteiger partial charge in [0.1, 0.15) is 25.0 Å². The first-order valence-corrected chi connectivity index (χ1v) is 11.7. The number of nitrogens with zero attached hydrogens (tertiary/aromatic N) is 1. The zero-order valence-electron chi connectivity index (χ0n) is 20.1. The molecule has 1 aliphatic rings. The van der Waals surface area contributed by atoms with E-state index in [0.29, 0.717) is 41.8 Å². The summed E-state index contributed by atoms with van der Waals surface area (Å²) in [5.74, 6) is -3.72. The molecule has 0 aliphatic carbocycles. The Bertz CT molecular complexity index is 1320. The molecular formula is C28H25F2NO6. The Balaban J connectivity index is 1.42. The van der Waals surface area contributed by atoms with Gasteiger partial charge in [0, 0.05) is 12.1 Å². The molecule has 4 rings (SSSR count). The number of aliphatic carboxylic acids is 1. The Morgan fingerprint density at radius 1 is 1.00 bits per heavy atom. The van der Waals surface area contributed by atoms with Crippen molar-refractivity contribution < 1.29 is 37.7 Å². The summed E-state index contributed by atoms with van der Waals surface area (Å²) in [6.45, 7) is 1.49. The van der Waals surface area contributed by atoms with Gasteiger partial charge in [0.05, 0.1) is 0 Å². The molecule has 0 unspecified atom stereocenters. The molecule has 0 saturated carbocycles. The molecule has 9 heteroatoms. The average Bonchev–Trinajstić information content (AvgIpc) is 3.39. The standard InChI is InChI=1S/C28H25F2NO6/c1-17(32)15-37-25-14-21(13-23(29)26(25)30)19-7-9-22(10-8-19)36-16-18-4-2-5-20(12-18)27(33)31-11-3-6-24(31)28(34)35/h2,4-5,7-10,12-14,24H,3,6,11,15-16H2,1H3,(H,34,35)/t24-/m0/s1. The van der Waals surface area contributed by atoms with Crippen LogP contribution in [-0.2, 0) is 16.2 Å². The monoisotopic (exact) mass is 509 g/mol. The van der Waals surface area contributed by atoms with Gasteiger partial charge in [-0.25, -0.2) is 9.18 Å². The Morgan fingerprint density at radius 3 is 2.46 bits per heavy atom. The maximum absolute atomic E-state index is 14.1. The van der Waals surface area contributed by atoms with Crippen LogP contribution in [0.1, 0.15) is 35.7 Å². The molecule has 0 bridgehead atoms. The number of ketones is 1. The number of hydrogen-bond donors (Lipinski definition) is 1. The lowest BCUT2D eigenvalue weighted by atomic mass is 10.0. The highest BCUT2D eigenvalue weighted by Crippen LogP contribution is 2.30. The van der Waals surface area contributed by atoms with Crippen molar-refractivity contribution in [3.63, 3.8) is 0 Å². The van der Waals surface area contributed by atoms with Crippen molar-refractivity contribution in [3.05, 3.63) is 83.4 Å². The van der Waals surface area contributed by atoms with Gasteiger partial charge < -0.3 is 19.5 Å². The predicted molar refractivity (Wildman–Crippen MR) is 130 cm³/mol. The normalized spacial score (nSPS) is 14.9. The molecule has 3 aromatic carbocycles. The molecule has 37 heavy (non-hydrogen) atoms. The molecule has 3 aromatic rings. The second-order valence-electron chi connectivity index (χ2n) is 8.77. The van der Waals surface area contributed by atoms with Crippen LogP contribution in [0.4, 0.5) is 8.78 Å². The molecule has 1 heterocycles. The summed E-state index contributed by atoms with van der Waals surface area (Å²) in [5.41, 5.74) is 2.08. The van der Waals surface area contributed by atoms with Crippen molar-refractivity contribution in [3.8, 4) is 22.6 Å². The fourth-order valence-electron chi connectivity index (χ4n) is 4.15. The topological polar surface area (TPSA) is 93.1 Å². The molecule has 1 saturated heterocycles. The predicted octanol–water partition coefficient (Wildman–Crippen LogP) is 4.87. The van der Waals surface area contributed by atoms with Crippen molar-refractivity contribution >= 4 is 17.7 Å². The maximum atomic E-state index is 14.1. The lowest BCUT2D eigenvalue weighted by Gasteiger charge is -2.21. The van der Waals surface area contributed by atoms with Gasteiger partial charge in [-0.05, 0) is 72.9 Å². The molecule has 7 nitrogen and oxygen atoms in total. The van der Waals surface area contributed by atoms with Crippen LogP contribution < -0.4 is 9.47 Å². The lowest BCUT2D eigenvalue weighted by Crippen LogP contribution is -2.40. The number of carboxylic acids is 1. The zero-order chi connectivity index (χ0) is 26.5. The van der Waals surface area contributed by atoms with Crippen LogP contribution in [0, 0.1) is 11.6 Å². The number of carbonyl (C=O) groups excluding carboxylic acids is 2. The van der Waals surface area contributed by atoms with E-state index >= 15 is 0 Å². The summed E-state index contributed by atoms with van der Waals surface area (Å²) in [6.07, 6.45) is 1.09. The Hall–Kier alpha value is -4.27. The molecule has 192 valence electrons. The van der Waals surface area contributed by atoms with E-state index in [9.17, 15) is 28.3 Å². The highest BCUT2D eigenvalue weighted by atomic mass is 19.2. The van der Waals surface area contributed by atoms with Gasteiger partial charge in [0.15, 0.2) is 17.3 Å². The summed E-state index contributed by atoms with van der Waals surface area (Å²) in [7, 11) is 0. The second kappa shape index (κ2) is 11.2. The highest BCUT2D eigenvalue weighted by Gasteiger charge is 2.34. The average molecular weight is 510 g/mol. The summed E-state index contributed by atoms with van der Waals surface area (Å²) in [4.78, 5) is 36.8. The van der Waals surface area contributed by atoms with E-state index in [-0.39, 0.29) is 30.7 Å². The van der Waals surface area contributed by atoms with Crippen LogP contribution >= 0.6 is 0 Å². The van der Waals surface area contributed by atoms with Crippen LogP contribution in [0.3, 0.4) is 0 Å². The zero-order valence-corrected chi connectivity index (χ0v) is 20.1. The smallest absolute Gasteiger partial charge is 0.326 e. The first-order valence-electron chi connectivity index (χ1n) is 11.7. The summed E-state index contributed by atoms with van der Waals surface area (Å²) in [6, 6.07) is 15.1. The molecule has 1 N–H and O–H groups in total. The van der Waals surface area contributed by atoms with Crippen LogP contribution in [-0.4, -0.2) is 46.9 Å². The summed E-state index contributed by atoms with van der Waals surface area (Å²) >= 11 is 0. The number of ether oxygens (including phenoxy) is 2. The van der Waals surface area contributed by atoms with E-state index < -0.39 is 23.6 Å². The van der Waals surface area contributed by atoms with Crippen LogP contribution in [0.15, 0.2) is 60.7 Å². The van der Waals surface area contributed by atoms with Crippen molar-refractivity contribution in [1.82, 2.24) is 4.90 Å². The van der Waals surface area contributed by atoms with Gasteiger partial charge in [0.25, 0.3) is 5.91 Å². The molecular weight excluding hydrogens is 484 g/mol. The minimum Gasteiger partial charge on any atom is -0.489 e. The molecule has 1 fully saturated rings. The first kappa shape index (κ1) is 25.8. The Kier molecular flexibility index (Phi) is 7.81. The molecule has 0 aromatic heterocycles. The van der Waals surface area contributed by atoms with Crippen molar-refractivity contribution in [2.75, 3.05) is 13.2 Å². The first-order chi connectivity index (χ1) is 17.7. The van der Waals surface area contributed by atoms with Gasteiger partial charge in [-0.1, -0.05) is 24.3 Å². The largest absolute Gasteiger partial charge is 0.489 e. The molecule has 1 amide bonds. The van der Waals surface area contributed by atoms with E-state index in [4.69, 9.17) is 9.47 Å². The number of rotatable bonds is 9. The number of hydrogen-bond acceptors (Lipinski definition) is 5. The molecule has 1 aliphatic heterocycles. The van der Waals surface area contributed by atoms with Gasteiger partial charge in [0.2, 0.25) is 5.82 Å². The Morgan fingerprint density at radius 2 is 1.76 bits per heavy atom. The SMILES string of the molecule is CC(=O)COc1cc(-c2ccc(OCc3cccc(C(=O)N4CCC[C@H]4C(=O)O)c3)cc2)cc(F)c1F. The van der Waals surface area contributed by atoms with Crippen LogP contribution in [0.25, 0.3) is 11.1 Å². The van der Waals surface area contributed by atoms with E-state index in [1.54, 1.807) is 48.5 Å². The number of likely N-dealkylation sites (tertiary alicyclic amines) is 1. The van der Waals surface area contributed by atoms with Crippen LogP contribution in [0.5, 0.6) is 11.5 Å². The van der Waals surface area contributed by atoms with Gasteiger partial charge in [-0.3, -0.25) is 9.59 Å². The number of amides is 1. The second-order valence-corrected chi connectivity index (χ2v) is 8.77. The quantitative estimate of drug-likeness (QED) is 0.443. The number of carboxylic acid groups (broad SMARTS) is 1. The lowest BCUT2D eigenvalue weighted by molar-refractivity contribution is -0.141. The number of carbonyl (C=O) groups is 3. The third-order valence-corrected chi connectivity index (χ3v) is 5.99. The minimum absolute atomic E-state index is 0.164. The summed E-state index contributed by atoms with van der Waals surface area (Å²) < 4.78 is 39.0. The third kappa shape index (κ3) is 6.11. The third-order valence-electron chi connectivity index (χ3n) is 5.99. The number of Topliss-reactive ketones (excluding diaryl/α,β-unsaturated/α-hetero) is 1. The molecule has 1 atom stereocenters. The fraction of sp³-hybridized carbons (Fsp3) is 0.250. The number of benzene rings is 3. The van der Waals surface area contributed by atoms with Gasteiger partial charge in [-0.2, -0.15) is 4.39 Å². The molecule has 0 radical (unpaired) electrons. The van der Waals surface area contributed by atoms with Crippen molar-refractivity contribution in [2.45, 2.75) is 32.4 Å². The maximum Gasteiger partial charge on any atom is 0.326 e. The summed E-state index contributed by atoms with van der Waals surface area (Å²) in [5, 5.41) is 9.35. The van der Waals surface area contributed by atoms with E-state index in [1.165, 1.54) is 17.9 Å². The van der Waals surface area contributed by atoms with E-state index in [0.717, 1.165) is 11.6 Å². The van der Waals surface area contributed by atoms with Crippen LogP contribution in [0.2, 0.25) is 0 Å². The van der Waals surface area contributed by atoms with E-state index in [1.807, 2.05) is 0 Å². The Labute approximate surface area is 212 Å². The van der Waals surface area contributed by atoms with Gasteiger partial charge in [-0.15, -0.1) is 0 Å². The van der Waals surface area contributed by atoms with Crippen molar-refractivity contribution in [1.29, 1.82) is 0 Å². The highest BCUT2D eigenvalue weighted by molar-refractivity contribution is 5.97. The van der Waals surface area contributed by atoms with Crippen molar-refractivity contribution in [2.24, 2.45) is 0 Å².